The third-order valence-corrected chi connectivity index (χ3v) is 5.12. The zero-order valence-electron chi connectivity index (χ0n) is 8.49. The van der Waals surface area contributed by atoms with Crippen LogP contribution in [0.3, 0.4) is 0 Å². The van der Waals surface area contributed by atoms with Gasteiger partial charge in [0.2, 0.25) is 0 Å². The predicted octanol–water partition coefficient (Wildman–Crippen LogP) is 6.02. The Labute approximate surface area is 127 Å². The van der Waals surface area contributed by atoms with Gasteiger partial charge in [0.1, 0.15) is 5.82 Å². The van der Waals surface area contributed by atoms with Crippen molar-refractivity contribution in [3.63, 3.8) is 0 Å². The molecule has 0 radical (unpaired) electrons. The van der Waals surface area contributed by atoms with E-state index < -0.39 is 22.8 Å². The van der Waals surface area contributed by atoms with Gasteiger partial charge in [-0.25, -0.2) is 13.2 Å². The summed E-state index contributed by atoms with van der Waals surface area (Å²) in [6.07, 6.45) is 0. The van der Waals surface area contributed by atoms with Gasteiger partial charge >= 0.3 is 0 Å². The highest BCUT2D eigenvalue weighted by Crippen LogP contribution is 2.41. The summed E-state index contributed by atoms with van der Waals surface area (Å²) in [6.45, 7) is 0. The minimum atomic E-state index is -1.23. The molecule has 1 aromatic carbocycles. The quantitative estimate of drug-likeness (QED) is 0.412. The van der Waals surface area contributed by atoms with Crippen LogP contribution in [-0.4, -0.2) is 0 Å². The summed E-state index contributed by atoms with van der Waals surface area (Å²) < 4.78 is 41.1. The normalized spacial score (nSPS) is 12.8. The molecule has 0 aliphatic rings. The van der Waals surface area contributed by atoms with Crippen molar-refractivity contribution in [3.8, 4) is 0 Å². The van der Waals surface area contributed by atoms with E-state index in [9.17, 15) is 13.2 Å². The zero-order valence-corrected chi connectivity index (χ0v) is 13.2. The first-order valence-electron chi connectivity index (χ1n) is 4.63. The largest absolute Gasteiger partial charge is 0.207 e. The smallest absolute Gasteiger partial charge is 0.161 e. The van der Waals surface area contributed by atoms with Crippen molar-refractivity contribution >= 4 is 54.8 Å². The van der Waals surface area contributed by atoms with Crippen LogP contribution < -0.4 is 0 Å². The maximum absolute atomic E-state index is 13.6. The number of hydrogen-bond acceptors (Lipinski definition) is 1. The molecule has 0 nitrogen and oxygen atoms in total. The van der Waals surface area contributed by atoms with E-state index in [-0.39, 0.29) is 5.56 Å². The lowest BCUT2D eigenvalue weighted by molar-refractivity contribution is 0.490. The van der Waals surface area contributed by atoms with Crippen LogP contribution in [0.25, 0.3) is 0 Å². The average molecular weight is 420 g/mol. The fourth-order valence-electron chi connectivity index (χ4n) is 1.43. The van der Waals surface area contributed by atoms with E-state index in [1.807, 2.05) is 0 Å². The van der Waals surface area contributed by atoms with Crippen molar-refractivity contribution in [1.82, 2.24) is 0 Å². The highest BCUT2D eigenvalue weighted by molar-refractivity contribution is 9.12. The molecule has 0 aliphatic carbocycles. The monoisotopic (exact) mass is 418 g/mol. The van der Waals surface area contributed by atoms with Gasteiger partial charge < -0.3 is 0 Å². The van der Waals surface area contributed by atoms with E-state index in [4.69, 9.17) is 11.6 Å². The molecule has 2 rings (SSSR count). The Kier molecular flexibility index (Phi) is 4.41. The van der Waals surface area contributed by atoms with Crippen LogP contribution in [0.2, 0.25) is 0 Å². The molecule has 0 spiro atoms. The summed E-state index contributed by atoms with van der Waals surface area (Å²) in [5.74, 6) is -3.23. The molecule has 7 heteroatoms. The number of rotatable bonds is 2. The molecule has 0 fully saturated rings. The predicted molar refractivity (Wildman–Crippen MR) is 73.7 cm³/mol. The van der Waals surface area contributed by atoms with Crippen LogP contribution in [0.15, 0.2) is 25.8 Å². The van der Waals surface area contributed by atoms with E-state index in [2.05, 4.69) is 31.9 Å². The van der Waals surface area contributed by atoms with Gasteiger partial charge in [-0.05, 0) is 44.0 Å². The lowest BCUT2D eigenvalue weighted by Gasteiger charge is -2.10. The van der Waals surface area contributed by atoms with Crippen LogP contribution >= 0.6 is 54.8 Å². The standard InChI is InChI=1S/C11H4Br2ClF3S/c12-9-2-5(11(13)18-9)10(14)4-1-7(16)8(17)3-6(4)15/h1-3,10H. The third kappa shape index (κ3) is 2.76. The van der Waals surface area contributed by atoms with Gasteiger partial charge in [-0.3, -0.25) is 0 Å². The lowest BCUT2D eigenvalue weighted by atomic mass is 10.1. The number of thiophene rings is 1. The van der Waals surface area contributed by atoms with Gasteiger partial charge in [-0.15, -0.1) is 22.9 Å². The van der Waals surface area contributed by atoms with E-state index >= 15 is 0 Å². The fraction of sp³-hybridized carbons (Fsp3) is 0.0909. The van der Waals surface area contributed by atoms with Crippen molar-refractivity contribution in [2.75, 3.05) is 0 Å². The number of benzene rings is 1. The van der Waals surface area contributed by atoms with Crippen molar-refractivity contribution in [1.29, 1.82) is 0 Å². The summed E-state index contributed by atoms with van der Waals surface area (Å²) in [5, 5.41) is -0.892. The van der Waals surface area contributed by atoms with Crippen molar-refractivity contribution in [3.05, 3.63) is 54.4 Å². The molecule has 1 heterocycles. The molecule has 0 saturated carbocycles. The first kappa shape index (κ1) is 14.4. The molecule has 18 heavy (non-hydrogen) atoms. The molecule has 1 aromatic heterocycles. The van der Waals surface area contributed by atoms with Crippen LogP contribution in [0.4, 0.5) is 13.2 Å². The van der Waals surface area contributed by atoms with Crippen molar-refractivity contribution in [2.45, 2.75) is 5.38 Å². The minimum Gasteiger partial charge on any atom is -0.207 e. The van der Waals surface area contributed by atoms with Crippen LogP contribution in [0, 0.1) is 17.5 Å². The van der Waals surface area contributed by atoms with Gasteiger partial charge in [0.05, 0.1) is 12.9 Å². The molecule has 96 valence electrons. The maximum Gasteiger partial charge on any atom is 0.161 e. The molecule has 0 amide bonds. The molecule has 0 bridgehead atoms. The summed E-state index contributed by atoms with van der Waals surface area (Å²) in [5.41, 5.74) is 0.500. The zero-order chi connectivity index (χ0) is 13.4. The Balaban J connectivity index is 2.49. The summed E-state index contributed by atoms with van der Waals surface area (Å²) in [7, 11) is 0. The highest BCUT2D eigenvalue weighted by Gasteiger charge is 2.22. The summed E-state index contributed by atoms with van der Waals surface area (Å²) in [4.78, 5) is 0. The number of hydrogen-bond donors (Lipinski definition) is 0. The third-order valence-electron chi connectivity index (χ3n) is 2.27. The number of halogens is 6. The molecule has 1 atom stereocenters. The lowest BCUT2D eigenvalue weighted by Crippen LogP contribution is -1.99. The van der Waals surface area contributed by atoms with Gasteiger partial charge in [0.15, 0.2) is 11.6 Å². The Hall–Kier alpha value is -0.0400. The highest BCUT2D eigenvalue weighted by atomic mass is 79.9. The SMILES string of the molecule is Fc1cc(F)c(C(Cl)c2cc(Br)sc2Br)cc1F. The first-order chi connectivity index (χ1) is 8.40. The molecular weight excluding hydrogens is 416 g/mol. The second kappa shape index (κ2) is 5.53. The van der Waals surface area contributed by atoms with Crippen LogP contribution in [0.1, 0.15) is 16.5 Å². The van der Waals surface area contributed by atoms with Crippen molar-refractivity contribution < 1.29 is 13.2 Å². The van der Waals surface area contributed by atoms with Gasteiger partial charge in [-0.2, -0.15) is 0 Å². The number of alkyl halides is 1. The topological polar surface area (TPSA) is 0 Å². The summed E-state index contributed by atoms with van der Waals surface area (Å²) >= 11 is 14.0. The Morgan fingerprint density at radius 3 is 2.11 bits per heavy atom. The second-order valence-electron chi connectivity index (χ2n) is 3.43. The van der Waals surface area contributed by atoms with E-state index in [1.54, 1.807) is 6.07 Å². The molecule has 0 N–H and O–H groups in total. The van der Waals surface area contributed by atoms with Gasteiger partial charge in [-0.1, -0.05) is 0 Å². The van der Waals surface area contributed by atoms with Gasteiger partial charge in [0.25, 0.3) is 0 Å². The molecular formula is C11H4Br2ClF3S. The second-order valence-corrected chi connectivity index (χ2v) is 7.62. The van der Waals surface area contributed by atoms with Crippen molar-refractivity contribution in [2.24, 2.45) is 0 Å². The van der Waals surface area contributed by atoms with Gasteiger partial charge in [0, 0.05) is 17.2 Å². The Bertz CT molecular complexity index is 600. The van der Waals surface area contributed by atoms with E-state index in [0.29, 0.717) is 15.4 Å². The van der Waals surface area contributed by atoms with E-state index in [1.165, 1.54) is 11.3 Å². The fourth-order valence-corrected chi connectivity index (χ4v) is 4.86. The molecule has 0 aliphatic heterocycles. The van der Waals surface area contributed by atoms with Crippen LogP contribution in [-0.2, 0) is 0 Å². The molecule has 0 saturated heterocycles. The minimum absolute atomic E-state index is 0.0958. The van der Waals surface area contributed by atoms with E-state index in [0.717, 1.165) is 9.85 Å². The Morgan fingerprint density at radius 1 is 0.944 bits per heavy atom. The molecule has 1 unspecified atom stereocenters. The molecule has 2 aromatic rings. The van der Waals surface area contributed by atoms with Crippen LogP contribution in [0.5, 0.6) is 0 Å². The maximum atomic E-state index is 13.6. The first-order valence-corrected chi connectivity index (χ1v) is 7.47. The Morgan fingerprint density at radius 2 is 1.56 bits per heavy atom. The average Bonchev–Trinajstić information content (AvgIpc) is 2.62. The summed E-state index contributed by atoms with van der Waals surface area (Å²) in [6, 6.07) is 2.98.